The minimum absolute atomic E-state index is 0.167. The third-order valence-electron chi connectivity index (χ3n) is 3.73. The van der Waals surface area contributed by atoms with Crippen LogP contribution in [0.15, 0.2) is 42.5 Å². The van der Waals surface area contributed by atoms with E-state index in [9.17, 15) is 4.39 Å². The van der Waals surface area contributed by atoms with E-state index in [4.69, 9.17) is 0 Å². The molecular weight excluding hydrogens is 249 g/mol. The van der Waals surface area contributed by atoms with Crippen molar-refractivity contribution >= 4 is 0 Å². The number of hydrogen-bond donors (Lipinski definition) is 1. The van der Waals surface area contributed by atoms with Crippen LogP contribution in [0.25, 0.3) is 0 Å². The molecule has 2 heteroatoms. The summed E-state index contributed by atoms with van der Waals surface area (Å²) in [7, 11) is 0. The Hall–Kier alpha value is -1.67. The molecule has 1 N–H and O–H groups in total. The quantitative estimate of drug-likeness (QED) is 0.861. The maximum Gasteiger partial charge on any atom is 0.123 e. The highest BCUT2D eigenvalue weighted by atomic mass is 19.1. The van der Waals surface area contributed by atoms with E-state index in [0.29, 0.717) is 6.04 Å². The van der Waals surface area contributed by atoms with E-state index in [-0.39, 0.29) is 5.82 Å². The Balaban J connectivity index is 1.92. The minimum atomic E-state index is -0.167. The molecule has 0 fully saturated rings. The Morgan fingerprint density at radius 1 is 1.00 bits per heavy atom. The van der Waals surface area contributed by atoms with Crippen molar-refractivity contribution in [2.75, 3.05) is 0 Å². The Bertz CT molecular complexity index is 577. The second-order valence-electron chi connectivity index (χ2n) is 5.48. The first kappa shape index (κ1) is 14.7. The van der Waals surface area contributed by atoms with Crippen molar-refractivity contribution in [3.8, 4) is 0 Å². The predicted octanol–water partition coefficient (Wildman–Crippen LogP) is 4.16. The first-order chi connectivity index (χ1) is 9.56. The number of hydrogen-bond acceptors (Lipinski definition) is 1. The first-order valence-electron chi connectivity index (χ1n) is 7.09. The normalized spacial score (nSPS) is 12.4. The van der Waals surface area contributed by atoms with Gasteiger partial charge in [-0.05, 0) is 61.6 Å². The summed E-state index contributed by atoms with van der Waals surface area (Å²) >= 11 is 0. The number of aryl methyl sites for hydroxylation is 2. The standard InChI is InChI=1S/C18H22FN/c1-13-6-4-5-7-16(13)11-15(3)20-12-17-8-9-18(19)10-14(17)2/h4-10,15,20H,11-12H2,1-3H3. The van der Waals surface area contributed by atoms with Crippen LogP contribution in [0.1, 0.15) is 29.2 Å². The number of nitrogens with one attached hydrogen (secondary N) is 1. The Morgan fingerprint density at radius 3 is 2.45 bits per heavy atom. The molecule has 1 nitrogen and oxygen atoms in total. The molecule has 1 unspecified atom stereocenters. The molecule has 2 aromatic rings. The maximum absolute atomic E-state index is 13.1. The van der Waals surface area contributed by atoms with E-state index in [1.54, 1.807) is 6.07 Å². The van der Waals surface area contributed by atoms with Crippen LogP contribution in [0.2, 0.25) is 0 Å². The van der Waals surface area contributed by atoms with Gasteiger partial charge < -0.3 is 5.32 Å². The monoisotopic (exact) mass is 271 g/mol. The zero-order chi connectivity index (χ0) is 14.5. The molecule has 0 aromatic heterocycles. The Morgan fingerprint density at radius 2 is 1.75 bits per heavy atom. The Labute approximate surface area is 120 Å². The molecule has 0 aliphatic rings. The molecule has 0 spiro atoms. The van der Waals surface area contributed by atoms with E-state index in [1.807, 2.05) is 13.0 Å². The molecule has 0 saturated carbocycles. The first-order valence-corrected chi connectivity index (χ1v) is 7.09. The van der Waals surface area contributed by atoms with Gasteiger partial charge in [-0.2, -0.15) is 0 Å². The lowest BCUT2D eigenvalue weighted by Gasteiger charge is -2.16. The van der Waals surface area contributed by atoms with Crippen LogP contribution in [-0.2, 0) is 13.0 Å². The molecule has 2 rings (SSSR count). The third kappa shape index (κ3) is 3.91. The largest absolute Gasteiger partial charge is 0.310 e. The molecule has 1 atom stereocenters. The summed E-state index contributed by atoms with van der Waals surface area (Å²) in [6, 6.07) is 13.8. The van der Waals surface area contributed by atoms with Gasteiger partial charge in [-0.15, -0.1) is 0 Å². The van der Waals surface area contributed by atoms with Crippen molar-refractivity contribution in [1.82, 2.24) is 5.32 Å². The zero-order valence-corrected chi connectivity index (χ0v) is 12.4. The third-order valence-corrected chi connectivity index (χ3v) is 3.73. The predicted molar refractivity (Wildman–Crippen MR) is 82.3 cm³/mol. The molecule has 20 heavy (non-hydrogen) atoms. The van der Waals surface area contributed by atoms with Crippen molar-refractivity contribution in [1.29, 1.82) is 0 Å². The van der Waals surface area contributed by atoms with Crippen molar-refractivity contribution in [3.63, 3.8) is 0 Å². The summed E-state index contributed by atoms with van der Waals surface area (Å²) in [5, 5.41) is 3.51. The number of rotatable bonds is 5. The molecule has 0 amide bonds. The van der Waals surface area contributed by atoms with E-state index in [2.05, 4.69) is 43.4 Å². The molecule has 106 valence electrons. The summed E-state index contributed by atoms with van der Waals surface area (Å²) in [5.74, 6) is -0.167. The molecule has 0 saturated heterocycles. The highest BCUT2D eigenvalue weighted by Crippen LogP contribution is 2.12. The van der Waals surface area contributed by atoms with E-state index in [0.717, 1.165) is 24.1 Å². The van der Waals surface area contributed by atoms with Crippen LogP contribution >= 0.6 is 0 Å². The fourth-order valence-corrected chi connectivity index (χ4v) is 2.38. The average molecular weight is 271 g/mol. The van der Waals surface area contributed by atoms with Gasteiger partial charge in [0, 0.05) is 12.6 Å². The fourth-order valence-electron chi connectivity index (χ4n) is 2.38. The van der Waals surface area contributed by atoms with Crippen LogP contribution in [0.4, 0.5) is 4.39 Å². The van der Waals surface area contributed by atoms with Crippen molar-refractivity contribution in [3.05, 3.63) is 70.5 Å². The second kappa shape index (κ2) is 6.67. The SMILES string of the molecule is Cc1cc(F)ccc1CNC(C)Cc1ccccc1C. The van der Waals surface area contributed by atoms with Gasteiger partial charge in [0.2, 0.25) is 0 Å². The minimum Gasteiger partial charge on any atom is -0.310 e. The summed E-state index contributed by atoms with van der Waals surface area (Å²) in [4.78, 5) is 0. The molecule has 0 aliphatic heterocycles. The Kier molecular flexibility index (Phi) is 4.91. The lowest BCUT2D eigenvalue weighted by atomic mass is 10.0. The fraction of sp³-hybridized carbons (Fsp3) is 0.333. The van der Waals surface area contributed by atoms with E-state index < -0.39 is 0 Å². The summed E-state index contributed by atoms with van der Waals surface area (Å²) in [5.41, 5.74) is 4.87. The van der Waals surface area contributed by atoms with E-state index >= 15 is 0 Å². The molecule has 0 bridgehead atoms. The lowest BCUT2D eigenvalue weighted by Crippen LogP contribution is -2.28. The lowest BCUT2D eigenvalue weighted by molar-refractivity contribution is 0.542. The zero-order valence-electron chi connectivity index (χ0n) is 12.4. The summed E-state index contributed by atoms with van der Waals surface area (Å²) in [6.45, 7) is 7.06. The van der Waals surface area contributed by atoms with Crippen molar-refractivity contribution in [2.24, 2.45) is 0 Å². The van der Waals surface area contributed by atoms with Gasteiger partial charge >= 0.3 is 0 Å². The van der Waals surface area contributed by atoms with Gasteiger partial charge in [0.1, 0.15) is 5.82 Å². The summed E-state index contributed by atoms with van der Waals surface area (Å²) in [6.07, 6.45) is 1.01. The van der Waals surface area contributed by atoms with Crippen LogP contribution in [0, 0.1) is 19.7 Å². The van der Waals surface area contributed by atoms with Crippen LogP contribution < -0.4 is 5.32 Å². The maximum atomic E-state index is 13.1. The number of halogens is 1. The molecule has 2 aromatic carbocycles. The van der Waals surface area contributed by atoms with Gasteiger partial charge in [-0.3, -0.25) is 0 Å². The smallest absolute Gasteiger partial charge is 0.123 e. The van der Waals surface area contributed by atoms with Gasteiger partial charge in [0.15, 0.2) is 0 Å². The second-order valence-corrected chi connectivity index (χ2v) is 5.48. The number of benzene rings is 2. The molecule has 0 heterocycles. The van der Waals surface area contributed by atoms with Crippen molar-refractivity contribution in [2.45, 2.75) is 39.8 Å². The van der Waals surface area contributed by atoms with Crippen LogP contribution in [-0.4, -0.2) is 6.04 Å². The molecule has 0 radical (unpaired) electrons. The highest BCUT2D eigenvalue weighted by molar-refractivity contribution is 5.27. The van der Waals surface area contributed by atoms with Gasteiger partial charge in [0.05, 0.1) is 0 Å². The van der Waals surface area contributed by atoms with Gasteiger partial charge in [-0.25, -0.2) is 4.39 Å². The van der Waals surface area contributed by atoms with Crippen LogP contribution in [0.5, 0.6) is 0 Å². The molecular formula is C18H22FN. The average Bonchev–Trinajstić information content (AvgIpc) is 2.40. The molecule has 0 aliphatic carbocycles. The van der Waals surface area contributed by atoms with E-state index in [1.165, 1.54) is 17.2 Å². The van der Waals surface area contributed by atoms with Crippen molar-refractivity contribution < 1.29 is 4.39 Å². The van der Waals surface area contributed by atoms with Crippen LogP contribution in [0.3, 0.4) is 0 Å². The van der Waals surface area contributed by atoms with Gasteiger partial charge in [0.25, 0.3) is 0 Å². The van der Waals surface area contributed by atoms with Gasteiger partial charge in [-0.1, -0.05) is 30.3 Å². The summed E-state index contributed by atoms with van der Waals surface area (Å²) < 4.78 is 13.1. The highest BCUT2D eigenvalue weighted by Gasteiger charge is 2.06. The topological polar surface area (TPSA) is 12.0 Å².